The number of pyridine rings is 1. The van der Waals surface area contributed by atoms with Crippen molar-refractivity contribution in [2.24, 2.45) is 0 Å². The normalized spacial score (nSPS) is 21.9. The molecule has 0 spiro atoms. The minimum absolute atomic E-state index is 0.514. The molecule has 0 amide bonds. The van der Waals surface area contributed by atoms with Gasteiger partial charge in [-0.25, -0.2) is 4.67 Å². The molecular formula is C20H17N2O3P. The van der Waals surface area contributed by atoms with Crippen molar-refractivity contribution in [3.63, 3.8) is 0 Å². The fourth-order valence-electron chi connectivity index (χ4n) is 3.34. The topological polar surface area (TPSA) is 70.3 Å². The molecule has 1 aromatic heterocycles. The first-order valence-corrected chi connectivity index (χ1v) is 9.94. The molecule has 3 unspecified atom stereocenters. The number of benzene rings is 2. The summed E-state index contributed by atoms with van der Waals surface area (Å²) in [5.74, 6) is -0.993. The highest BCUT2D eigenvalue weighted by Crippen LogP contribution is 2.63. The van der Waals surface area contributed by atoms with Gasteiger partial charge in [-0.3, -0.25) is 14.3 Å². The van der Waals surface area contributed by atoms with Gasteiger partial charge in [0.1, 0.15) is 6.04 Å². The lowest BCUT2D eigenvalue weighted by Gasteiger charge is -2.21. The van der Waals surface area contributed by atoms with Gasteiger partial charge in [0.15, 0.2) is 0 Å². The van der Waals surface area contributed by atoms with Gasteiger partial charge in [-0.15, -0.1) is 0 Å². The summed E-state index contributed by atoms with van der Waals surface area (Å²) in [6.07, 6.45) is 1.63. The van der Waals surface area contributed by atoms with Crippen molar-refractivity contribution in [2.75, 3.05) is 0 Å². The highest BCUT2D eigenvalue weighted by molar-refractivity contribution is 7.76. The summed E-state index contributed by atoms with van der Waals surface area (Å²) in [5, 5.41) is 11.0. The Hall–Kier alpha value is -2.75. The van der Waals surface area contributed by atoms with Gasteiger partial charge >= 0.3 is 5.97 Å². The van der Waals surface area contributed by atoms with Gasteiger partial charge in [0.2, 0.25) is 7.29 Å². The number of hydrogen-bond acceptors (Lipinski definition) is 3. The van der Waals surface area contributed by atoms with Crippen LogP contribution in [-0.2, 0) is 9.36 Å². The first kappa shape index (κ1) is 16.7. The molecule has 5 nitrogen and oxygen atoms in total. The third-order valence-corrected chi connectivity index (χ3v) is 7.70. The van der Waals surface area contributed by atoms with E-state index in [0.29, 0.717) is 16.3 Å². The number of rotatable bonds is 5. The van der Waals surface area contributed by atoms with E-state index in [-0.39, 0.29) is 0 Å². The molecule has 0 bridgehead atoms. The Morgan fingerprint density at radius 2 is 1.42 bits per heavy atom. The first-order chi connectivity index (χ1) is 12.6. The zero-order valence-electron chi connectivity index (χ0n) is 13.8. The van der Waals surface area contributed by atoms with Gasteiger partial charge in [0, 0.05) is 16.8 Å². The van der Waals surface area contributed by atoms with Gasteiger partial charge in [-0.05, 0) is 36.4 Å². The second kappa shape index (κ2) is 6.52. The summed E-state index contributed by atoms with van der Waals surface area (Å²) in [4.78, 5) is 16.2. The van der Waals surface area contributed by atoms with Crippen molar-refractivity contribution < 1.29 is 14.5 Å². The maximum Gasteiger partial charge on any atom is 0.323 e. The minimum Gasteiger partial charge on any atom is -0.480 e. The molecule has 2 aromatic carbocycles. The summed E-state index contributed by atoms with van der Waals surface area (Å²) in [6.45, 7) is 0. The average Bonchev–Trinajstić information content (AvgIpc) is 3.46. The number of carboxylic acids is 1. The van der Waals surface area contributed by atoms with Crippen LogP contribution in [0.3, 0.4) is 0 Å². The fourth-order valence-corrected chi connectivity index (χ4v) is 6.44. The van der Waals surface area contributed by atoms with E-state index >= 15 is 0 Å². The van der Waals surface area contributed by atoms with E-state index in [4.69, 9.17) is 0 Å². The minimum atomic E-state index is -3.30. The van der Waals surface area contributed by atoms with E-state index in [1.165, 1.54) is 0 Å². The van der Waals surface area contributed by atoms with Gasteiger partial charge in [-0.2, -0.15) is 0 Å². The van der Waals surface area contributed by atoms with Crippen LogP contribution >= 0.6 is 7.29 Å². The quantitative estimate of drug-likeness (QED) is 0.557. The number of carboxylic acid groups (broad SMARTS) is 1. The molecule has 3 aromatic rings. The van der Waals surface area contributed by atoms with Gasteiger partial charge in [0.25, 0.3) is 0 Å². The first-order valence-electron chi connectivity index (χ1n) is 8.28. The number of aromatic nitrogens is 1. The summed E-state index contributed by atoms with van der Waals surface area (Å²) in [6, 6.07) is 22.1. The number of hydrogen-bond donors (Lipinski definition) is 1. The number of carbonyl (C=O) groups is 1. The highest BCUT2D eigenvalue weighted by Gasteiger charge is 2.63. The monoisotopic (exact) mass is 364 g/mol. The molecule has 1 aliphatic heterocycles. The van der Waals surface area contributed by atoms with Crippen molar-refractivity contribution in [2.45, 2.75) is 12.1 Å². The van der Waals surface area contributed by atoms with Crippen molar-refractivity contribution >= 4 is 23.9 Å². The molecule has 0 saturated carbocycles. The van der Waals surface area contributed by atoms with E-state index in [0.717, 1.165) is 0 Å². The van der Waals surface area contributed by atoms with E-state index in [9.17, 15) is 14.5 Å². The third-order valence-electron chi connectivity index (χ3n) is 4.56. The predicted octanol–water partition coefficient (Wildman–Crippen LogP) is 2.82. The SMILES string of the molecule is O=C(O)C1C(c2ccccn2)N1P(=O)(c1ccccc1)c1ccccc1. The van der Waals surface area contributed by atoms with E-state index < -0.39 is 25.3 Å². The van der Waals surface area contributed by atoms with Gasteiger partial charge < -0.3 is 5.11 Å². The molecule has 1 aliphatic rings. The summed E-state index contributed by atoms with van der Waals surface area (Å²) in [7, 11) is -3.30. The number of aliphatic carboxylic acids is 1. The van der Waals surface area contributed by atoms with E-state index in [2.05, 4.69) is 4.98 Å². The van der Waals surface area contributed by atoms with Crippen LogP contribution in [0.2, 0.25) is 0 Å². The fraction of sp³-hybridized carbons (Fsp3) is 0.100. The maximum atomic E-state index is 14.3. The Bertz CT molecular complexity index is 921. The number of nitrogens with zero attached hydrogens (tertiary/aromatic N) is 2. The molecule has 1 saturated heterocycles. The third kappa shape index (κ3) is 2.66. The average molecular weight is 364 g/mol. The predicted molar refractivity (Wildman–Crippen MR) is 100.0 cm³/mol. The van der Waals surface area contributed by atoms with Crippen LogP contribution in [0.25, 0.3) is 0 Å². The Kier molecular flexibility index (Phi) is 4.19. The van der Waals surface area contributed by atoms with Crippen molar-refractivity contribution in [3.8, 4) is 0 Å². The lowest BCUT2D eigenvalue weighted by Crippen LogP contribution is -2.24. The molecule has 4 rings (SSSR count). The highest BCUT2D eigenvalue weighted by atomic mass is 31.2. The van der Waals surface area contributed by atoms with Crippen LogP contribution in [0.4, 0.5) is 0 Å². The van der Waals surface area contributed by atoms with E-state index in [1.54, 1.807) is 47.3 Å². The molecule has 1 fully saturated rings. The smallest absolute Gasteiger partial charge is 0.323 e. The lowest BCUT2D eigenvalue weighted by molar-refractivity contribution is -0.137. The Morgan fingerprint density at radius 1 is 0.885 bits per heavy atom. The second-order valence-corrected chi connectivity index (χ2v) is 8.76. The van der Waals surface area contributed by atoms with E-state index in [1.807, 2.05) is 42.5 Å². The van der Waals surface area contributed by atoms with Crippen LogP contribution in [0.15, 0.2) is 85.1 Å². The standard InChI is InChI=1S/C20H17N2O3P/c23-20(24)19-18(17-13-7-8-14-21-17)22(19)26(25,15-9-3-1-4-10-15)16-11-5-2-6-12-16/h1-14,18-19H,(H,23,24). The van der Waals surface area contributed by atoms with Crippen LogP contribution in [0.1, 0.15) is 11.7 Å². The van der Waals surface area contributed by atoms with Crippen LogP contribution < -0.4 is 10.6 Å². The lowest BCUT2D eigenvalue weighted by atomic mass is 10.2. The summed E-state index contributed by atoms with van der Waals surface area (Å²) in [5.41, 5.74) is 0.618. The van der Waals surface area contributed by atoms with Gasteiger partial charge in [-0.1, -0.05) is 42.5 Å². The van der Waals surface area contributed by atoms with Crippen molar-refractivity contribution in [3.05, 3.63) is 90.8 Å². The van der Waals surface area contributed by atoms with Crippen LogP contribution in [0.5, 0.6) is 0 Å². The molecule has 26 heavy (non-hydrogen) atoms. The molecule has 2 heterocycles. The Balaban J connectivity index is 1.87. The molecule has 3 atom stereocenters. The second-order valence-electron chi connectivity index (χ2n) is 6.11. The molecule has 0 radical (unpaired) electrons. The molecule has 6 heteroatoms. The van der Waals surface area contributed by atoms with Gasteiger partial charge in [0.05, 0.1) is 11.7 Å². The van der Waals surface area contributed by atoms with Crippen LogP contribution in [-0.4, -0.2) is 26.8 Å². The summed E-state index contributed by atoms with van der Waals surface area (Å²) >= 11 is 0. The van der Waals surface area contributed by atoms with Crippen molar-refractivity contribution in [1.29, 1.82) is 0 Å². The van der Waals surface area contributed by atoms with Crippen molar-refractivity contribution in [1.82, 2.24) is 9.65 Å². The Morgan fingerprint density at radius 3 is 1.88 bits per heavy atom. The largest absolute Gasteiger partial charge is 0.480 e. The summed E-state index contributed by atoms with van der Waals surface area (Å²) < 4.78 is 15.9. The molecule has 0 aliphatic carbocycles. The molecular weight excluding hydrogens is 347 g/mol. The van der Waals surface area contributed by atoms with Crippen LogP contribution in [0, 0.1) is 0 Å². The Labute approximate surface area is 151 Å². The molecule has 130 valence electrons. The maximum absolute atomic E-state index is 14.3. The zero-order chi connectivity index (χ0) is 18.1. The molecule has 1 N–H and O–H groups in total. The zero-order valence-corrected chi connectivity index (χ0v) is 14.7.